The Balaban J connectivity index is 3.36. The summed E-state index contributed by atoms with van der Waals surface area (Å²) >= 11 is 0. The highest BCUT2D eigenvalue weighted by molar-refractivity contribution is 5.78. The number of methoxy groups -OCH3 is 1. The zero-order chi connectivity index (χ0) is 10.1. The summed E-state index contributed by atoms with van der Waals surface area (Å²) < 4.78 is 4.77. The molecule has 1 unspecified atom stereocenters. The molecule has 0 aromatic rings. The van der Waals surface area contributed by atoms with E-state index in [0.717, 1.165) is 0 Å². The Morgan fingerprint density at radius 3 is 2.92 bits per heavy atom. The first-order chi connectivity index (χ1) is 6.20. The van der Waals surface area contributed by atoms with Gasteiger partial charge in [-0.2, -0.15) is 0 Å². The van der Waals surface area contributed by atoms with Gasteiger partial charge in [0.05, 0.1) is 19.2 Å². The molecule has 0 bridgehead atoms. The zero-order valence-corrected chi connectivity index (χ0v) is 8.09. The van der Waals surface area contributed by atoms with Crippen LogP contribution >= 0.6 is 0 Å². The fraction of sp³-hybridized carbons (Fsp3) is 0.667. The van der Waals surface area contributed by atoms with Crippen LogP contribution in [0.2, 0.25) is 0 Å². The second kappa shape index (κ2) is 7.59. The van der Waals surface area contributed by atoms with Gasteiger partial charge in [-0.15, -0.1) is 6.42 Å². The van der Waals surface area contributed by atoms with Gasteiger partial charge in [-0.3, -0.25) is 10.1 Å². The molecular formula is C9H16N2O2. The predicted octanol–water partition coefficient (Wildman–Crippen LogP) is -0.640. The van der Waals surface area contributed by atoms with Gasteiger partial charge in [-0.1, -0.05) is 5.92 Å². The topological polar surface area (TPSA) is 50.4 Å². The molecule has 0 saturated heterocycles. The fourth-order valence-electron chi connectivity index (χ4n) is 0.660. The van der Waals surface area contributed by atoms with Crippen LogP contribution < -0.4 is 10.6 Å². The van der Waals surface area contributed by atoms with Gasteiger partial charge in [0, 0.05) is 13.7 Å². The van der Waals surface area contributed by atoms with Gasteiger partial charge in [-0.05, 0) is 6.92 Å². The van der Waals surface area contributed by atoms with Crippen molar-refractivity contribution in [1.29, 1.82) is 0 Å². The summed E-state index contributed by atoms with van der Waals surface area (Å²) in [5, 5.41) is 5.54. The van der Waals surface area contributed by atoms with Crippen molar-refractivity contribution in [1.82, 2.24) is 10.6 Å². The maximum atomic E-state index is 11.0. The molecule has 74 valence electrons. The standard InChI is InChI=1S/C9H16N2O2/c1-4-8(2)11-7-9(12)10-5-6-13-3/h1,8,11H,5-7H2,2-3H3,(H,10,12). The molecule has 0 aromatic carbocycles. The molecule has 1 amide bonds. The monoisotopic (exact) mass is 184 g/mol. The van der Waals surface area contributed by atoms with Crippen LogP contribution in [0.15, 0.2) is 0 Å². The normalized spacial score (nSPS) is 11.8. The Hall–Kier alpha value is -1.05. The number of carbonyl (C=O) groups is 1. The summed E-state index contributed by atoms with van der Waals surface area (Å²) in [5.74, 6) is 2.40. The SMILES string of the molecule is C#CC(C)NCC(=O)NCCOC. The first-order valence-corrected chi connectivity index (χ1v) is 4.16. The molecule has 0 rings (SSSR count). The van der Waals surface area contributed by atoms with Crippen LogP contribution in [-0.4, -0.2) is 38.8 Å². The van der Waals surface area contributed by atoms with E-state index in [-0.39, 0.29) is 18.5 Å². The van der Waals surface area contributed by atoms with Crippen molar-refractivity contribution >= 4 is 5.91 Å². The number of carbonyl (C=O) groups excluding carboxylic acids is 1. The van der Waals surface area contributed by atoms with Crippen molar-refractivity contribution < 1.29 is 9.53 Å². The largest absolute Gasteiger partial charge is 0.383 e. The molecule has 0 spiro atoms. The quantitative estimate of drug-likeness (QED) is 0.426. The lowest BCUT2D eigenvalue weighted by Gasteiger charge is -2.07. The molecule has 0 saturated carbocycles. The molecule has 13 heavy (non-hydrogen) atoms. The van der Waals surface area contributed by atoms with E-state index in [1.807, 2.05) is 6.92 Å². The van der Waals surface area contributed by atoms with E-state index in [2.05, 4.69) is 16.6 Å². The number of rotatable bonds is 6. The van der Waals surface area contributed by atoms with Crippen LogP contribution in [0.3, 0.4) is 0 Å². The maximum absolute atomic E-state index is 11.0. The minimum atomic E-state index is -0.0758. The number of terminal acetylenes is 1. The van der Waals surface area contributed by atoms with Crippen molar-refractivity contribution in [2.45, 2.75) is 13.0 Å². The number of nitrogens with one attached hydrogen (secondary N) is 2. The molecule has 0 aliphatic heterocycles. The van der Waals surface area contributed by atoms with Crippen molar-refractivity contribution in [3.63, 3.8) is 0 Å². The smallest absolute Gasteiger partial charge is 0.234 e. The molecule has 0 heterocycles. The molecule has 0 aliphatic carbocycles. The van der Waals surface area contributed by atoms with E-state index in [0.29, 0.717) is 13.2 Å². The van der Waals surface area contributed by atoms with Crippen molar-refractivity contribution in [2.24, 2.45) is 0 Å². The van der Waals surface area contributed by atoms with Crippen LogP contribution in [0.5, 0.6) is 0 Å². The third-order valence-electron chi connectivity index (χ3n) is 1.45. The molecule has 1 atom stereocenters. The Kier molecular flexibility index (Phi) is 6.98. The summed E-state index contributed by atoms with van der Waals surface area (Å²) in [4.78, 5) is 11.0. The lowest BCUT2D eigenvalue weighted by atomic mass is 10.3. The first-order valence-electron chi connectivity index (χ1n) is 4.16. The Bertz CT molecular complexity index is 187. The van der Waals surface area contributed by atoms with Gasteiger partial charge in [0.2, 0.25) is 5.91 Å². The Labute approximate surface area is 79.0 Å². The highest BCUT2D eigenvalue weighted by Crippen LogP contribution is 1.75. The van der Waals surface area contributed by atoms with E-state index in [1.54, 1.807) is 7.11 Å². The number of hydrogen-bond acceptors (Lipinski definition) is 3. The molecule has 0 fully saturated rings. The Morgan fingerprint density at radius 1 is 1.69 bits per heavy atom. The van der Waals surface area contributed by atoms with E-state index in [9.17, 15) is 4.79 Å². The number of hydrogen-bond donors (Lipinski definition) is 2. The molecule has 0 aliphatic rings. The van der Waals surface area contributed by atoms with Gasteiger partial charge in [0.15, 0.2) is 0 Å². The van der Waals surface area contributed by atoms with Crippen LogP contribution in [0.4, 0.5) is 0 Å². The highest BCUT2D eigenvalue weighted by Gasteiger charge is 2.01. The second-order valence-electron chi connectivity index (χ2n) is 2.61. The third kappa shape index (κ3) is 7.32. The lowest BCUT2D eigenvalue weighted by molar-refractivity contribution is -0.120. The van der Waals surface area contributed by atoms with Crippen LogP contribution in [0.25, 0.3) is 0 Å². The summed E-state index contributed by atoms with van der Waals surface area (Å²) in [6.07, 6.45) is 5.12. The average Bonchev–Trinajstić information content (AvgIpc) is 2.14. The predicted molar refractivity (Wildman–Crippen MR) is 51.2 cm³/mol. The highest BCUT2D eigenvalue weighted by atomic mass is 16.5. The molecule has 2 N–H and O–H groups in total. The molecule has 0 aromatic heterocycles. The second-order valence-corrected chi connectivity index (χ2v) is 2.61. The Morgan fingerprint density at radius 2 is 2.38 bits per heavy atom. The molecule has 4 heteroatoms. The minimum absolute atomic E-state index is 0.0702. The van der Waals surface area contributed by atoms with E-state index < -0.39 is 0 Å². The van der Waals surface area contributed by atoms with Gasteiger partial charge < -0.3 is 10.1 Å². The summed E-state index contributed by atoms with van der Waals surface area (Å²) in [6, 6.07) is -0.0758. The van der Waals surface area contributed by atoms with Gasteiger partial charge in [0.1, 0.15) is 0 Å². The van der Waals surface area contributed by atoms with Gasteiger partial charge >= 0.3 is 0 Å². The summed E-state index contributed by atoms with van der Waals surface area (Å²) in [6.45, 7) is 3.12. The summed E-state index contributed by atoms with van der Waals surface area (Å²) in [7, 11) is 1.59. The number of amides is 1. The van der Waals surface area contributed by atoms with E-state index in [1.165, 1.54) is 0 Å². The van der Waals surface area contributed by atoms with Crippen molar-refractivity contribution in [3.05, 3.63) is 0 Å². The lowest BCUT2D eigenvalue weighted by Crippen LogP contribution is -2.38. The molecule has 4 nitrogen and oxygen atoms in total. The van der Waals surface area contributed by atoms with Crippen LogP contribution in [-0.2, 0) is 9.53 Å². The van der Waals surface area contributed by atoms with E-state index >= 15 is 0 Å². The van der Waals surface area contributed by atoms with Crippen molar-refractivity contribution in [2.75, 3.05) is 26.8 Å². The van der Waals surface area contributed by atoms with Gasteiger partial charge in [-0.25, -0.2) is 0 Å². The zero-order valence-electron chi connectivity index (χ0n) is 8.09. The van der Waals surface area contributed by atoms with Crippen LogP contribution in [0, 0.1) is 12.3 Å². The van der Waals surface area contributed by atoms with Crippen molar-refractivity contribution in [3.8, 4) is 12.3 Å². The minimum Gasteiger partial charge on any atom is -0.383 e. The summed E-state index contributed by atoms with van der Waals surface area (Å²) in [5.41, 5.74) is 0. The molecular weight excluding hydrogens is 168 g/mol. The number of ether oxygens (including phenoxy) is 1. The van der Waals surface area contributed by atoms with Crippen LogP contribution in [0.1, 0.15) is 6.92 Å². The first kappa shape index (κ1) is 11.9. The maximum Gasteiger partial charge on any atom is 0.234 e. The fourth-order valence-corrected chi connectivity index (χ4v) is 0.660. The van der Waals surface area contributed by atoms with E-state index in [4.69, 9.17) is 11.2 Å². The van der Waals surface area contributed by atoms with Gasteiger partial charge in [0.25, 0.3) is 0 Å². The average molecular weight is 184 g/mol. The molecule has 0 radical (unpaired) electrons. The third-order valence-corrected chi connectivity index (χ3v) is 1.45.